The zero-order chi connectivity index (χ0) is 27.7. The number of amides is 4. The number of ether oxygens (including phenoxy) is 1. The largest absolute Gasteiger partial charge is 0.465 e. The Morgan fingerprint density at radius 1 is 1.18 bits per heavy atom. The Bertz CT molecular complexity index is 1270. The van der Waals surface area contributed by atoms with Gasteiger partial charge in [0, 0.05) is 28.4 Å². The van der Waals surface area contributed by atoms with Crippen molar-refractivity contribution in [1.29, 1.82) is 0 Å². The van der Waals surface area contributed by atoms with Crippen LogP contribution >= 0.6 is 11.6 Å². The molecule has 0 radical (unpaired) electrons. The van der Waals surface area contributed by atoms with Gasteiger partial charge in [0.25, 0.3) is 5.91 Å². The number of halogens is 4. The summed E-state index contributed by atoms with van der Waals surface area (Å²) in [7, 11) is 0. The van der Waals surface area contributed by atoms with Crippen LogP contribution in [0.2, 0.25) is 5.02 Å². The quantitative estimate of drug-likeness (QED) is 0.428. The van der Waals surface area contributed by atoms with Crippen LogP contribution in [-0.2, 0) is 15.1 Å². The molecule has 2 atom stereocenters. The average Bonchev–Trinajstić information content (AvgIpc) is 2.83. The van der Waals surface area contributed by atoms with Gasteiger partial charge >= 0.3 is 18.4 Å². The van der Waals surface area contributed by atoms with Crippen LogP contribution in [0.1, 0.15) is 35.2 Å². The molecule has 2 aliphatic heterocycles. The van der Waals surface area contributed by atoms with Crippen molar-refractivity contribution in [2.24, 2.45) is 0 Å². The number of nitrogens with one attached hydrogen (secondary N) is 3. The highest BCUT2D eigenvalue weighted by Gasteiger charge is 2.48. The molecule has 4 amide bonds. The molecule has 4 N–H and O–H groups in total. The molecule has 1 saturated heterocycles. The van der Waals surface area contributed by atoms with E-state index in [9.17, 15) is 32.3 Å². The van der Waals surface area contributed by atoms with Crippen LogP contribution in [0.25, 0.3) is 0 Å². The van der Waals surface area contributed by atoms with E-state index in [1.165, 1.54) is 24.3 Å². The number of anilines is 2. The molecule has 1 fully saturated rings. The fourth-order valence-corrected chi connectivity index (χ4v) is 4.78. The third kappa shape index (κ3) is 6.10. The number of hydrogen-bond acceptors (Lipinski definition) is 5. The molecular formula is C24H22ClF3N4O6. The van der Waals surface area contributed by atoms with Crippen LogP contribution in [0.5, 0.6) is 0 Å². The lowest BCUT2D eigenvalue weighted by atomic mass is 9.83. The second-order valence-electron chi connectivity index (χ2n) is 8.91. The maximum atomic E-state index is 13.4. The molecule has 0 aromatic heterocycles. The number of fused-ring (bicyclic) bond motifs is 2. The lowest BCUT2D eigenvalue weighted by molar-refractivity contribution is -0.157. The maximum absolute atomic E-state index is 13.4. The number of rotatable bonds is 5. The van der Waals surface area contributed by atoms with Crippen LogP contribution in [0.15, 0.2) is 42.5 Å². The summed E-state index contributed by atoms with van der Waals surface area (Å²) in [5.74, 6) is -1.94. The van der Waals surface area contributed by atoms with Gasteiger partial charge in [0.2, 0.25) is 5.91 Å². The molecule has 38 heavy (non-hydrogen) atoms. The number of alkyl halides is 3. The van der Waals surface area contributed by atoms with Gasteiger partial charge in [-0.05, 0) is 55.3 Å². The third-order valence-corrected chi connectivity index (χ3v) is 6.44. The smallest absolute Gasteiger partial charge is 0.412 e. The molecule has 0 aliphatic carbocycles. The van der Waals surface area contributed by atoms with E-state index in [0.29, 0.717) is 29.1 Å². The van der Waals surface area contributed by atoms with Gasteiger partial charge in [0.05, 0.1) is 18.7 Å². The number of likely N-dealkylation sites (tertiary alicyclic amines) is 1. The first-order valence-electron chi connectivity index (χ1n) is 11.4. The lowest BCUT2D eigenvalue weighted by Gasteiger charge is -2.45. The van der Waals surface area contributed by atoms with Crippen molar-refractivity contribution in [2.45, 2.75) is 37.1 Å². The number of piperidine rings is 1. The predicted molar refractivity (Wildman–Crippen MR) is 129 cm³/mol. The molecule has 0 saturated carbocycles. The van der Waals surface area contributed by atoms with E-state index in [-0.39, 0.29) is 24.3 Å². The summed E-state index contributed by atoms with van der Waals surface area (Å²) in [5, 5.41) is 15.9. The lowest BCUT2D eigenvalue weighted by Crippen LogP contribution is -2.57. The maximum Gasteiger partial charge on any atom is 0.412 e. The molecule has 2 aliphatic rings. The van der Waals surface area contributed by atoms with E-state index in [0.717, 1.165) is 4.90 Å². The SMILES string of the molecule is O=C(O)Nc1ccc(C(=O)N[C@@H](CC(F)(F)F)C(=O)N2CCC[C@@]3(C2)OC(=O)Nc2ccc(Cl)cc23)cc1. The van der Waals surface area contributed by atoms with Gasteiger partial charge in [0.15, 0.2) is 5.60 Å². The van der Waals surface area contributed by atoms with Crippen molar-refractivity contribution in [3.63, 3.8) is 0 Å². The Hall–Kier alpha value is -4.00. The number of hydrogen-bond donors (Lipinski definition) is 4. The Morgan fingerprint density at radius 2 is 1.89 bits per heavy atom. The average molecular weight is 555 g/mol. The number of nitrogens with zero attached hydrogens (tertiary/aromatic N) is 1. The third-order valence-electron chi connectivity index (χ3n) is 6.20. The van der Waals surface area contributed by atoms with Crippen LogP contribution < -0.4 is 16.0 Å². The highest BCUT2D eigenvalue weighted by molar-refractivity contribution is 6.30. The molecule has 1 spiro atoms. The fourth-order valence-electron chi connectivity index (χ4n) is 4.61. The first-order chi connectivity index (χ1) is 17.8. The van der Waals surface area contributed by atoms with Crippen molar-refractivity contribution < 1.29 is 42.2 Å². The minimum Gasteiger partial charge on any atom is -0.465 e. The molecule has 0 bridgehead atoms. The monoisotopic (exact) mass is 554 g/mol. The van der Waals surface area contributed by atoms with Crippen LogP contribution in [0, 0.1) is 0 Å². The molecule has 10 nitrogen and oxygen atoms in total. The minimum absolute atomic E-state index is 0.0770. The summed E-state index contributed by atoms with van der Waals surface area (Å²) in [6.45, 7) is -0.145. The summed E-state index contributed by atoms with van der Waals surface area (Å²) >= 11 is 6.13. The van der Waals surface area contributed by atoms with Crippen LogP contribution in [0.3, 0.4) is 0 Å². The van der Waals surface area contributed by atoms with E-state index in [1.54, 1.807) is 18.2 Å². The normalized spacial score (nSPS) is 19.6. The van der Waals surface area contributed by atoms with Gasteiger partial charge in [-0.2, -0.15) is 13.2 Å². The second-order valence-corrected chi connectivity index (χ2v) is 9.35. The number of benzene rings is 2. The Balaban J connectivity index is 1.56. The first-order valence-corrected chi connectivity index (χ1v) is 11.8. The van der Waals surface area contributed by atoms with E-state index in [2.05, 4.69) is 16.0 Å². The van der Waals surface area contributed by atoms with Gasteiger partial charge in [-0.25, -0.2) is 9.59 Å². The molecule has 14 heteroatoms. The molecule has 2 aromatic carbocycles. The summed E-state index contributed by atoms with van der Waals surface area (Å²) in [5.41, 5.74) is -0.343. The highest BCUT2D eigenvalue weighted by atomic mass is 35.5. The highest BCUT2D eigenvalue weighted by Crippen LogP contribution is 2.43. The summed E-state index contributed by atoms with van der Waals surface area (Å²) in [4.78, 5) is 50.2. The van der Waals surface area contributed by atoms with Gasteiger partial charge in [-0.3, -0.25) is 20.2 Å². The summed E-state index contributed by atoms with van der Waals surface area (Å²) in [6.07, 6.45) is -7.88. The van der Waals surface area contributed by atoms with E-state index in [1.807, 2.05) is 0 Å². The topological polar surface area (TPSA) is 137 Å². The Labute approximate surface area is 219 Å². The van der Waals surface area contributed by atoms with E-state index >= 15 is 0 Å². The Morgan fingerprint density at radius 3 is 2.55 bits per heavy atom. The molecule has 2 aromatic rings. The van der Waals surface area contributed by atoms with Crippen LogP contribution in [0.4, 0.5) is 34.1 Å². The van der Waals surface area contributed by atoms with Gasteiger partial charge in [0.1, 0.15) is 6.04 Å². The standard InChI is InChI=1S/C24H22ClF3N4O6/c25-14-4-7-17-16(10-14)23(38-22(37)31-17)8-1-9-32(12-23)20(34)18(11-24(26,27)28)30-19(33)13-2-5-15(6-3-13)29-21(35)36/h2-7,10,18,29H,1,8-9,11-12H2,(H,30,33)(H,31,37)(H,35,36)/t18-,23-/m0/s1. The van der Waals surface area contributed by atoms with Gasteiger partial charge in [-0.15, -0.1) is 0 Å². The summed E-state index contributed by atoms with van der Waals surface area (Å²) in [6, 6.07) is 7.68. The number of carboxylic acid groups (broad SMARTS) is 1. The number of carbonyl (C=O) groups is 4. The molecule has 4 rings (SSSR count). The van der Waals surface area contributed by atoms with Crippen molar-refractivity contribution >= 4 is 47.0 Å². The van der Waals surface area contributed by atoms with Crippen LogP contribution in [-0.4, -0.2) is 59.3 Å². The minimum atomic E-state index is -4.78. The van der Waals surface area contributed by atoms with Crippen molar-refractivity contribution in [1.82, 2.24) is 10.2 Å². The van der Waals surface area contributed by atoms with Crippen molar-refractivity contribution in [3.05, 3.63) is 58.6 Å². The molecular weight excluding hydrogens is 533 g/mol. The van der Waals surface area contributed by atoms with E-state index in [4.69, 9.17) is 21.4 Å². The number of carbonyl (C=O) groups excluding carboxylic acids is 3. The molecule has 2 heterocycles. The summed E-state index contributed by atoms with van der Waals surface area (Å²) < 4.78 is 45.9. The van der Waals surface area contributed by atoms with Crippen molar-refractivity contribution in [2.75, 3.05) is 23.7 Å². The second kappa shape index (κ2) is 10.4. The van der Waals surface area contributed by atoms with Gasteiger partial charge in [-0.1, -0.05) is 11.6 Å². The van der Waals surface area contributed by atoms with Gasteiger partial charge < -0.3 is 20.1 Å². The first kappa shape index (κ1) is 27.0. The zero-order valence-corrected chi connectivity index (χ0v) is 20.4. The molecule has 202 valence electrons. The van der Waals surface area contributed by atoms with E-state index < -0.39 is 48.2 Å². The predicted octanol–water partition coefficient (Wildman–Crippen LogP) is 4.56. The fraction of sp³-hybridized carbons (Fsp3) is 0.333. The molecule has 0 unspecified atom stereocenters. The van der Waals surface area contributed by atoms with Crippen molar-refractivity contribution in [3.8, 4) is 0 Å². The zero-order valence-electron chi connectivity index (χ0n) is 19.6. The Kier molecular flexibility index (Phi) is 7.40.